The smallest absolute Gasteiger partial charge is 0.270 e. The zero-order chi connectivity index (χ0) is 18.5. The molecule has 3 saturated heterocycles. The van der Waals surface area contributed by atoms with Crippen LogP contribution in [0.3, 0.4) is 0 Å². The molecule has 1 amide bonds. The summed E-state index contributed by atoms with van der Waals surface area (Å²) >= 11 is 0. The fourth-order valence-corrected chi connectivity index (χ4v) is 6.26. The molecule has 0 aliphatic carbocycles. The van der Waals surface area contributed by atoms with Crippen LogP contribution < -0.4 is 5.32 Å². The third-order valence-corrected chi connectivity index (χ3v) is 7.96. The second-order valence-electron chi connectivity index (χ2n) is 8.17. The Morgan fingerprint density at radius 2 is 1.88 bits per heavy atom. The number of piperidine rings is 1. The molecule has 1 N–H and O–H groups in total. The quantitative estimate of drug-likeness (QED) is 0.839. The van der Waals surface area contributed by atoms with Gasteiger partial charge in [-0.05, 0) is 36.7 Å². The van der Waals surface area contributed by atoms with Gasteiger partial charge in [0.25, 0.3) is 5.91 Å². The van der Waals surface area contributed by atoms with E-state index in [4.69, 9.17) is 0 Å². The van der Waals surface area contributed by atoms with E-state index in [-0.39, 0.29) is 10.8 Å². The van der Waals surface area contributed by atoms with Crippen molar-refractivity contribution < 1.29 is 13.2 Å². The van der Waals surface area contributed by atoms with E-state index in [9.17, 15) is 13.2 Å². The topological polar surface area (TPSA) is 74.7 Å². The van der Waals surface area contributed by atoms with Gasteiger partial charge in [0, 0.05) is 52.5 Å². The van der Waals surface area contributed by atoms with Gasteiger partial charge in [-0.3, -0.25) is 4.79 Å². The third-order valence-electron chi connectivity index (χ3n) is 6.13. The molecule has 0 spiro atoms. The summed E-state index contributed by atoms with van der Waals surface area (Å²) in [5.74, 6) is 1.37. The van der Waals surface area contributed by atoms with Crippen molar-refractivity contribution in [2.24, 2.45) is 24.8 Å². The predicted molar refractivity (Wildman–Crippen MR) is 98.3 cm³/mol. The molecule has 0 radical (unpaired) electrons. The lowest BCUT2D eigenvalue weighted by Crippen LogP contribution is -2.38. The number of carbonyl (C=O) groups is 1. The van der Waals surface area contributed by atoms with Crippen molar-refractivity contribution >= 4 is 15.9 Å². The van der Waals surface area contributed by atoms with Crippen molar-refractivity contribution in [1.29, 1.82) is 0 Å². The van der Waals surface area contributed by atoms with Crippen LogP contribution in [-0.4, -0.2) is 67.4 Å². The van der Waals surface area contributed by atoms with E-state index in [2.05, 4.69) is 12.2 Å². The van der Waals surface area contributed by atoms with Crippen molar-refractivity contribution in [2.75, 3.05) is 39.3 Å². The third kappa shape index (κ3) is 3.08. The summed E-state index contributed by atoms with van der Waals surface area (Å²) in [5, 5.41) is 3.37. The molecule has 26 heavy (non-hydrogen) atoms. The molecule has 7 nitrogen and oxygen atoms in total. The van der Waals surface area contributed by atoms with Crippen LogP contribution in [0.2, 0.25) is 0 Å². The first-order valence-electron chi connectivity index (χ1n) is 9.52. The van der Waals surface area contributed by atoms with Gasteiger partial charge in [0.1, 0.15) is 10.6 Å². The minimum absolute atomic E-state index is 0.0598. The average molecular weight is 381 g/mol. The lowest BCUT2D eigenvalue weighted by Gasteiger charge is -2.29. The number of rotatable bonds is 3. The summed E-state index contributed by atoms with van der Waals surface area (Å²) in [7, 11) is -1.78. The Kier molecular flexibility index (Phi) is 4.61. The molecule has 0 saturated carbocycles. The molecule has 1 aromatic heterocycles. The number of fused-ring (bicyclic) bond motifs is 1. The number of hydrogen-bond acceptors (Lipinski definition) is 4. The summed E-state index contributed by atoms with van der Waals surface area (Å²) in [5.41, 5.74) is 0.460. The first-order chi connectivity index (χ1) is 12.4. The summed E-state index contributed by atoms with van der Waals surface area (Å²) in [6, 6.07) is 1.56. The number of amides is 1. The standard InChI is InChI=1S/C18H28N4O3S/c1-13-4-3-5-22(9-13)26(24,25)16-6-17(20(2)12-16)18(23)21-10-14-7-19-8-15(14)11-21/h6,12-15,19H,3-5,7-11H2,1-2H3/t13?,14-,15+. The summed E-state index contributed by atoms with van der Waals surface area (Å²) in [4.78, 5) is 15.1. The highest BCUT2D eigenvalue weighted by atomic mass is 32.2. The molecule has 0 aromatic carbocycles. The van der Waals surface area contributed by atoms with Crippen LogP contribution in [0.4, 0.5) is 0 Å². The average Bonchev–Trinajstić information content (AvgIpc) is 3.28. The summed E-state index contributed by atoms with van der Waals surface area (Å²) in [6.45, 7) is 6.65. The first-order valence-corrected chi connectivity index (χ1v) is 11.0. The fourth-order valence-electron chi connectivity index (χ4n) is 4.58. The fraction of sp³-hybridized carbons (Fsp3) is 0.722. The van der Waals surface area contributed by atoms with Gasteiger partial charge in [-0.1, -0.05) is 6.92 Å². The van der Waals surface area contributed by atoms with Crippen molar-refractivity contribution in [3.05, 3.63) is 18.0 Å². The van der Waals surface area contributed by atoms with E-state index in [0.29, 0.717) is 36.5 Å². The highest BCUT2D eigenvalue weighted by Gasteiger charge is 2.39. The molecular formula is C18H28N4O3S. The molecule has 144 valence electrons. The van der Waals surface area contributed by atoms with Gasteiger partial charge >= 0.3 is 0 Å². The van der Waals surface area contributed by atoms with E-state index in [1.807, 2.05) is 4.90 Å². The number of aryl methyl sites for hydroxylation is 1. The molecule has 3 aliphatic heterocycles. The van der Waals surface area contributed by atoms with Crippen LogP contribution in [0.15, 0.2) is 17.2 Å². The van der Waals surface area contributed by atoms with Crippen LogP contribution in [0.5, 0.6) is 0 Å². The van der Waals surface area contributed by atoms with E-state index in [1.54, 1.807) is 28.2 Å². The van der Waals surface area contributed by atoms with Crippen LogP contribution in [0, 0.1) is 17.8 Å². The molecule has 3 atom stereocenters. The Bertz CT molecular complexity index is 791. The maximum Gasteiger partial charge on any atom is 0.270 e. The number of carbonyl (C=O) groups excluding carboxylic acids is 1. The number of aromatic nitrogens is 1. The lowest BCUT2D eigenvalue weighted by atomic mass is 10.0. The minimum atomic E-state index is -3.54. The van der Waals surface area contributed by atoms with Gasteiger partial charge in [-0.2, -0.15) is 4.31 Å². The molecule has 0 bridgehead atoms. The van der Waals surface area contributed by atoms with Crippen molar-refractivity contribution in [3.63, 3.8) is 0 Å². The van der Waals surface area contributed by atoms with Gasteiger partial charge in [0.2, 0.25) is 10.0 Å². The van der Waals surface area contributed by atoms with E-state index in [1.165, 1.54) is 0 Å². The molecule has 4 heterocycles. The number of nitrogens with one attached hydrogen (secondary N) is 1. The van der Waals surface area contributed by atoms with Gasteiger partial charge in [-0.15, -0.1) is 0 Å². The van der Waals surface area contributed by atoms with Gasteiger partial charge in [0.15, 0.2) is 0 Å². The first kappa shape index (κ1) is 18.0. The maximum absolute atomic E-state index is 13.0. The highest BCUT2D eigenvalue weighted by molar-refractivity contribution is 7.89. The summed E-state index contributed by atoms with van der Waals surface area (Å²) in [6.07, 6.45) is 3.54. The van der Waals surface area contributed by atoms with E-state index >= 15 is 0 Å². The Morgan fingerprint density at radius 1 is 1.19 bits per heavy atom. The van der Waals surface area contributed by atoms with Crippen molar-refractivity contribution in [1.82, 2.24) is 19.1 Å². The molecule has 3 aliphatic rings. The second-order valence-corrected chi connectivity index (χ2v) is 10.1. The normalized spacial score (nSPS) is 29.9. The molecule has 4 rings (SSSR count). The molecule has 8 heteroatoms. The number of likely N-dealkylation sites (tertiary alicyclic amines) is 1. The predicted octanol–water partition coefficient (Wildman–Crippen LogP) is 0.737. The Balaban J connectivity index is 1.54. The van der Waals surface area contributed by atoms with Crippen LogP contribution in [0.1, 0.15) is 30.3 Å². The van der Waals surface area contributed by atoms with Gasteiger partial charge in [-0.25, -0.2) is 8.42 Å². The van der Waals surface area contributed by atoms with Crippen LogP contribution in [-0.2, 0) is 17.1 Å². The largest absolute Gasteiger partial charge is 0.345 e. The van der Waals surface area contributed by atoms with Crippen LogP contribution >= 0.6 is 0 Å². The lowest BCUT2D eigenvalue weighted by molar-refractivity contribution is 0.0772. The van der Waals surface area contributed by atoms with E-state index in [0.717, 1.165) is 39.0 Å². The monoisotopic (exact) mass is 380 g/mol. The maximum atomic E-state index is 13.0. The van der Waals surface area contributed by atoms with E-state index < -0.39 is 10.0 Å². The number of nitrogens with zero attached hydrogens (tertiary/aromatic N) is 3. The summed E-state index contributed by atoms with van der Waals surface area (Å²) < 4.78 is 29.2. The Labute approximate surface area is 155 Å². The molecule has 3 fully saturated rings. The SMILES string of the molecule is CC1CCCN(S(=O)(=O)c2cc(C(=O)N3C[C@H]4CNC[C@H]4C3)n(C)c2)C1. The zero-order valence-electron chi connectivity index (χ0n) is 15.5. The van der Waals surface area contributed by atoms with Crippen molar-refractivity contribution in [3.8, 4) is 0 Å². The zero-order valence-corrected chi connectivity index (χ0v) is 16.3. The molecular weight excluding hydrogens is 352 g/mol. The van der Waals surface area contributed by atoms with Crippen LogP contribution in [0.25, 0.3) is 0 Å². The highest BCUT2D eigenvalue weighted by Crippen LogP contribution is 2.29. The number of hydrogen-bond donors (Lipinski definition) is 1. The second kappa shape index (κ2) is 6.65. The van der Waals surface area contributed by atoms with Gasteiger partial charge in [0.05, 0.1) is 0 Å². The minimum Gasteiger partial charge on any atom is -0.345 e. The Morgan fingerprint density at radius 3 is 2.54 bits per heavy atom. The number of sulfonamides is 1. The molecule has 1 aromatic rings. The Hall–Kier alpha value is -1.38. The van der Waals surface area contributed by atoms with Crippen molar-refractivity contribution in [2.45, 2.75) is 24.7 Å². The molecule has 1 unspecified atom stereocenters. The van der Waals surface area contributed by atoms with Gasteiger partial charge < -0.3 is 14.8 Å².